The molecule has 0 amide bonds. The second kappa shape index (κ2) is 4.00. The molecular formula is C10H11BrN2O. The predicted molar refractivity (Wildman–Crippen MR) is 60.1 cm³/mol. The van der Waals surface area contributed by atoms with Crippen LogP contribution in [0.3, 0.4) is 0 Å². The third-order valence-corrected chi connectivity index (χ3v) is 2.51. The average molecular weight is 255 g/mol. The maximum atomic E-state index is 5.17. The lowest BCUT2D eigenvalue weighted by Crippen LogP contribution is -1.96. The SMILES string of the molecule is COc1ccc2ncn(CCBr)c2c1. The topological polar surface area (TPSA) is 27.1 Å². The quantitative estimate of drug-likeness (QED) is 0.787. The first-order chi connectivity index (χ1) is 6.85. The van der Waals surface area contributed by atoms with Crippen LogP contribution in [0, 0.1) is 0 Å². The molecule has 0 atom stereocenters. The highest BCUT2D eigenvalue weighted by Crippen LogP contribution is 2.19. The van der Waals surface area contributed by atoms with Crippen LogP contribution >= 0.6 is 15.9 Å². The molecule has 0 aliphatic rings. The first-order valence-electron chi connectivity index (χ1n) is 4.40. The summed E-state index contributed by atoms with van der Waals surface area (Å²) >= 11 is 3.41. The fraction of sp³-hybridized carbons (Fsp3) is 0.300. The van der Waals surface area contributed by atoms with E-state index in [0.717, 1.165) is 28.7 Å². The number of nitrogens with zero attached hydrogens (tertiary/aromatic N) is 2. The molecule has 0 aliphatic heterocycles. The number of ether oxygens (including phenoxy) is 1. The molecule has 0 unspecified atom stereocenters. The lowest BCUT2D eigenvalue weighted by atomic mass is 10.3. The van der Waals surface area contributed by atoms with Crippen molar-refractivity contribution in [2.75, 3.05) is 12.4 Å². The van der Waals surface area contributed by atoms with Crippen molar-refractivity contribution in [1.82, 2.24) is 9.55 Å². The molecule has 74 valence electrons. The van der Waals surface area contributed by atoms with Crippen molar-refractivity contribution in [3.8, 4) is 5.75 Å². The van der Waals surface area contributed by atoms with Crippen LogP contribution < -0.4 is 4.74 Å². The Morgan fingerprint density at radius 3 is 3.07 bits per heavy atom. The minimum atomic E-state index is 0.869. The number of rotatable bonds is 3. The van der Waals surface area contributed by atoms with Crippen molar-refractivity contribution in [2.24, 2.45) is 0 Å². The Kier molecular flexibility index (Phi) is 2.72. The molecule has 4 heteroatoms. The molecule has 0 fully saturated rings. The fourth-order valence-corrected chi connectivity index (χ4v) is 1.81. The molecule has 0 bridgehead atoms. The molecule has 0 radical (unpaired) electrons. The van der Waals surface area contributed by atoms with Crippen molar-refractivity contribution in [3.05, 3.63) is 24.5 Å². The zero-order valence-corrected chi connectivity index (χ0v) is 9.49. The minimum absolute atomic E-state index is 0.869. The molecule has 3 nitrogen and oxygen atoms in total. The summed E-state index contributed by atoms with van der Waals surface area (Å²) in [6.45, 7) is 0.920. The summed E-state index contributed by atoms with van der Waals surface area (Å²) in [5.41, 5.74) is 2.12. The van der Waals surface area contributed by atoms with E-state index in [9.17, 15) is 0 Å². The standard InChI is InChI=1S/C10H11BrN2O/c1-14-8-2-3-9-10(6-8)13(5-4-11)7-12-9/h2-3,6-7H,4-5H2,1H3. The highest BCUT2D eigenvalue weighted by Gasteiger charge is 2.02. The highest BCUT2D eigenvalue weighted by molar-refractivity contribution is 9.09. The summed E-state index contributed by atoms with van der Waals surface area (Å²) < 4.78 is 7.28. The number of halogens is 1. The number of fused-ring (bicyclic) bond motifs is 1. The van der Waals surface area contributed by atoms with Gasteiger partial charge in [0.05, 0.1) is 24.5 Å². The number of hydrogen-bond acceptors (Lipinski definition) is 2. The van der Waals surface area contributed by atoms with Crippen molar-refractivity contribution in [2.45, 2.75) is 6.54 Å². The van der Waals surface area contributed by atoms with Crippen LogP contribution in [-0.4, -0.2) is 22.0 Å². The lowest BCUT2D eigenvalue weighted by Gasteiger charge is -2.02. The zero-order chi connectivity index (χ0) is 9.97. The first kappa shape index (κ1) is 9.52. The van der Waals surface area contributed by atoms with Crippen LogP contribution in [0.15, 0.2) is 24.5 Å². The van der Waals surface area contributed by atoms with Crippen molar-refractivity contribution < 1.29 is 4.74 Å². The average Bonchev–Trinajstić information content (AvgIpc) is 2.61. The molecule has 0 N–H and O–H groups in total. The number of alkyl halides is 1. The molecule has 0 spiro atoms. The Hall–Kier alpha value is -1.03. The van der Waals surface area contributed by atoms with Crippen molar-refractivity contribution in [3.63, 3.8) is 0 Å². The van der Waals surface area contributed by atoms with Crippen LogP contribution in [0.5, 0.6) is 5.75 Å². The van der Waals surface area contributed by atoms with E-state index >= 15 is 0 Å². The van der Waals surface area contributed by atoms with Gasteiger partial charge in [0, 0.05) is 17.9 Å². The van der Waals surface area contributed by atoms with E-state index in [-0.39, 0.29) is 0 Å². The minimum Gasteiger partial charge on any atom is -0.497 e. The normalized spacial score (nSPS) is 10.7. The van der Waals surface area contributed by atoms with Crippen LogP contribution in [0.4, 0.5) is 0 Å². The maximum absolute atomic E-state index is 5.17. The largest absolute Gasteiger partial charge is 0.497 e. The van der Waals surface area contributed by atoms with Gasteiger partial charge in [0.15, 0.2) is 0 Å². The number of methoxy groups -OCH3 is 1. The molecule has 0 aliphatic carbocycles. The lowest BCUT2D eigenvalue weighted by molar-refractivity contribution is 0.415. The zero-order valence-electron chi connectivity index (χ0n) is 7.90. The van der Waals surface area contributed by atoms with Crippen LogP contribution in [-0.2, 0) is 6.54 Å². The van der Waals surface area contributed by atoms with Gasteiger partial charge in [-0.25, -0.2) is 4.98 Å². The summed E-state index contributed by atoms with van der Waals surface area (Å²) in [5, 5.41) is 0.926. The second-order valence-corrected chi connectivity index (χ2v) is 3.77. The highest BCUT2D eigenvalue weighted by atomic mass is 79.9. The van der Waals surface area contributed by atoms with Gasteiger partial charge in [-0.3, -0.25) is 0 Å². The molecule has 2 aromatic rings. The number of hydrogen-bond donors (Lipinski definition) is 0. The maximum Gasteiger partial charge on any atom is 0.121 e. The van der Waals surface area contributed by atoms with E-state index in [1.807, 2.05) is 24.5 Å². The molecule has 1 aromatic carbocycles. The molecule has 14 heavy (non-hydrogen) atoms. The van der Waals surface area contributed by atoms with Gasteiger partial charge in [-0.2, -0.15) is 0 Å². The van der Waals surface area contributed by atoms with Crippen LogP contribution in [0.2, 0.25) is 0 Å². The van der Waals surface area contributed by atoms with E-state index < -0.39 is 0 Å². The van der Waals surface area contributed by atoms with Gasteiger partial charge < -0.3 is 9.30 Å². The van der Waals surface area contributed by atoms with Crippen molar-refractivity contribution in [1.29, 1.82) is 0 Å². The van der Waals surface area contributed by atoms with Gasteiger partial charge in [0.1, 0.15) is 5.75 Å². The smallest absolute Gasteiger partial charge is 0.121 e. The summed E-state index contributed by atoms with van der Waals surface area (Å²) in [4.78, 5) is 4.30. The third kappa shape index (κ3) is 1.62. The third-order valence-electron chi connectivity index (χ3n) is 2.15. The Morgan fingerprint density at radius 2 is 2.36 bits per heavy atom. The fourth-order valence-electron chi connectivity index (χ4n) is 1.43. The second-order valence-electron chi connectivity index (χ2n) is 2.98. The first-order valence-corrected chi connectivity index (χ1v) is 5.52. The summed E-state index contributed by atoms with van der Waals surface area (Å²) in [6.07, 6.45) is 1.85. The Labute approximate surface area is 90.8 Å². The summed E-state index contributed by atoms with van der Waals surface area (Å²) in [5.74, 6) is 0.869. The molecule has 1 heterocycles. The van der Waals surface area contributed by atoms with E-state index in [4.69, 9.17) is 4.74 Å². The van der Waals surface area contributed by atoms with Crippen molar-refractivity contribution >= 4 is 27.0 Å². The van der Waals surface area contributed by atoms with Crippen LogP contribution in [0.1, 0.15) is 0 Å². The molecule has 1 aromatic heterocycles. The number of imidazole rings is 1. The predicted octanol–water partition coefficient (Wildman–Crippen LogP) is 2.44. The Bertz CT molecular complexity index is 439. The van der Waals surface area contributed by atoms with Gasteiger partial charge in [-0.05, 0) is 12.1 Å². The van der Waals surface area contributed by atoms with Gasteiger partial charge in [-0.1, -0.05) is 15.9 Å². The van der Waals surface area contributed by atoms with E-state index in [0.29, 0.717) is 0 Å². The van der Waals surface area contributed by atoms with Gasteiger partial charge in [0.25, 0.3) is 0 Å². The van der Waals surface area contributed by atoms with Crippen LogP contribution in [0.25, 0.3) is 11.0 Å². The summed E-state index contributed by atoms with van der Waals surface area (Å²) in [6, 6.07) is 5.90. The van der Waals surface area contributed by atoms with E-state index in [2.05, 4.69) is 25.5 Å². The van der Waals surface area contributed by atoms with E-state index in [1.165, 1.54) is 0 Å². The number of aryl methyl sites for hydroxylation is 1. The van der Waals surface area contributed by atoms with Gasteiger partial charge in [-0.15, -0.1) is 0 Å². The van der Waals surface area contributed by atoms with Gasteiger partial charge in [0.2, 0.25) is 0 Å². The Balaban J connectivity index is 2.52. The molecular weight excluding hydrogens is 244 g/mol. The van der Waals surface area contributed by atoms with E-state index in [1.54, 1.807) is 7.11 Å². The summed E-state index contributed by atoms with van der Waals surface area (Å²) in [7, 11) is 1.67. The molecule has 0 saturated heterocycles. The Morgan fingerprint density at radius 1 is 1.50 bits per heavy atom. The number of aromatic nitrogens is 2. The number of benzene rings is 1. The molecule has 0 saturated carbocycles. The monoisotopic (exact) mass is 254 g/mol. The van der Waals surface area contributed by atoms with Gasteiger partial charge >= 0.3 is 0 Å². The molecule has 2 rings (SSSR count).